The summed E-state index contributed by atoms with van der Waals surface area (Å²) in [6.07, 6.45) is 0. The van der Waals surface area contributed by atoms with E-state index in [1.807, 2.05) is 31.2 Å². The maximum Gasteiger partial charge on any atom is 0.387 e. The molecule has 2 rings (SSSR count). The van der Waals surface area contributed by atoms with Gasteiger partial charge in [-0.3, -0.25) is 4.79 Å². The van der Waals surface area contributed by atoms with Gasteiger partial charge < -0.3 is 10.1 Å². The van der Waals surface area contributed by atoms with E-state index >= 15 is 0 Å². The Morgan fingerprint density at radius 2 is 1.78 bits per heavy atom. The third kappa shape index (κ3) is 6.28. The van der Waals surface area contributed by atoms with Crippen LogP contribution in [0.1, 0.15) is 11.1 Å². The fourth-order valence-electron chi connectivity index (χ4n) is 1.82. The number of halogens is 2. The van der Waals surface area contributed by atoms with Gasteiger partial charge in [0.25, 0.3) is 0 Å². The first-order valence-corrected chi connectivity index (χ1v) is 8.01. The van der Waals surface area contributed by atoms with Crippen LogP contribution in [0.3, 0.4) is 0 Å². The number of aryl methyl sites for hydroxylation is 1. The number of benzene rings is 2. The molecule has 3 nitrogen and oxygen atoms in total. The summed E-state index contributed by atoms with van der Waals surface area (Å²) in [5, 5.41) is 2.79. The second kappa shape index (κ2) is 8.53. The highest BCUT2D eigenvalue weighted by molar-refractivity contribution is 8.00. The van der Waals surface area contributed by atoms with E-state index in [0.29, 0.717) is 12.3 Å². The Bertz CT molecular complexity index is 630. The van der Waals surface area contributed by atoms with Crippen molar-refractivity contribution >= 4 is 17.7 Å². The third-order valence-corrected chi connectivity index (χ3v) is 4.04. The standard InChI is InChI=1S/C17H17F2NO2S/c1-12-2-8-15(9-3-12)23-11-16(21)20-10-13-4-6-14(7-5-13)22-17(18)19/h2-9,17H,10-11H2,1H3,(H,20,21). The summed E-state index contributed by atoms with van der Waals surface area (Å²) >= 11 is 1.47. The van der Waals surface area contributed by atoms with Gasteiger partial charge in [-0.2, -0.15) is 8.78 Å². The maximum absolute atomic E-state index is 12.0. The lowest BCUT2D eigenvalue weighted by atomic mass is 10.2. The fraction of sp³-hybridized carbons (Fsp3) is 0.235. The van der Waals surface area contributed by atoms with Gasteiger partial charge in [0.15, 0.2) is 0 Å². The van der Waals surface area contributed by atoms with Crippen LogP contribution >= 0.6 is 11.8 Å². The molecule has 0 aliphatic rings. The number of amides is 1. The van der Waals surface area contributed by atoms with Gasteiger partial charge >= 0.3 is 6.61 Å². The Labute approximate surface area is 138 Å². The first-order valence-electron chi connectivity index (χ1n) is 7.03. The minimum absolute atomic E-state index is 0.0801. The van der Waals surface area contributed by atoms with Crippen LogP contribution in [0.5, 0.6) is 5.75 Å². The molecule has 23 heavy (non-hydrogen) atoms. The average molecular weight is 337 g/mol. The molecule has 0 aromatic heterocycles. The molecule has 0 aliphatic carbocycles. The van der Waals surface area contributed by atoms with E-state index in [0.717, 1.165) is 10.5 Å². The van der Waals surface area contributed by atoms with Crippen molar-refractivity contribution in [2.45, 2.75) is 25.0 Å². The average Bonchev–Trinajstić information content (AvgIpc) is 2.53. The maximum atomic E-state index is 12.0. The van der Waals surface area contributed by atoms with Crippen molar-refractivity contribution in [2.24, 2.45) is 0 Å². The van der Waals surface area contributed by atoms with E-state index in [2.05, 4.69) is 10.1 Å². The zero-order valence-corrected chi connectivity index (χ0v) is 13.4. The summed E-state index contributed by atoms with van der Waals surface area (Å²) in [5.41, 5.74) is 2.00. The van der Waals surface area contributed by atoms with Gasteiger partial charge in [0.05, 0.1) is 5.75 Å². The van der Waals surface area contributed by atoms with Crippen molar-refractivity contribution in [1.82, 2.24) is 5.32 Å². The van der Waals surface area contributed by atoms with E-state index in [4.69, 9.17) is 0 Å². The number of carbonyl (C=O) groups excluding carboxylic acids is 1. The summed E-state index contributed by atoms with van der Waals surface area (Å²) in [4.78, 5) is 12.9. The molecule has 1 N–H and O–H groups in total. The Morgan fingerprint density at radius 1 is 1.13 bits per heavy atom. The lowest BCUT2D eigenvalue weighted by molar-refractivity contribution is -0.118. The van der Waals surface area contributed by atoms with Gasteiger partial charge in [0, 0.05) is 11.4 Å². The monoisotopic (exact) mass is 337 g/mol. The molecular formula is C17H17F2NO2S. The Morgan fingerprint density at radius 3 is 2.39 bits per heavy atom. The van der Waals surface area contributed by atoms with Gasteiger partial charge in [-0.1, -0.05) is 29.8 Å². The van der Waals surface area contributed by atoms with Gasteiger partial charge in [0.1, 0.15) is 5.75 Å². The van der Waals surface area contributed by atoms with Crippen molar-refractivity contribution in [3.63, 3.8) is 0 Å². The molecule has 6 heteroatoms. The number of nitrogens with one attached hydrogen (secondary N) is 1. The topological polar surface area (TPSA) is 38.3 Å². The predicted molar refractivity (Wildman–Crippen MR) is 86.8 cm³/mol. The number of hydrogen-bond donors (Lipinski definition) is 1. The number of thioether (sulfide) groups is 1. The molecular weight excluding hydrogens is 320 g/mol. The van der Waals surface area contributed by atoms with Gasteiger partial charge in [-0.25, -0.2) is 0 Å². The van der Waals surface area contributed by atoms with Crippen LogP contribution in [0.25, 0.3) is 0 Å². The Balaban J connectivity index is 1.74. The SMILES string of the molecule is Cc1ccc(SCC(=O)NCc2ccc(OC(F)F)cc2)cc1. The summed E-state index contributed by atoms with van der Waals surface area (Å²) in [7, 11) is 0. The quantitative estimate of drug-likeness (QED) is 0.776. The highest BCUT2D eigenvalue weighted by atomic mass is 32.2. The minimum Gasteiger partial charge on any atom is -0.435 e. The number of ether oxygens (including phenoxy) is 1. The molecule has 0 atom stereocenters. The number of hydrogen-bond acceptors (Lipinski definition) is 3. The van der Waals surface area contributed by atoms with Gasteiger partial charge in [-0.05, 0) is 36.8 Å². The first-order chi connectivity index (χ1) is 11.0. The number of alkyl halides is 2. The second-order valence-electron chi connectivity index (χ2n) is 4.90. The zero-order chi connectivity index (χ0) is 16.7. The highest BCUT2D eigenvalue weighted by Gasteiger charge is 2.05. The normalized spacial score (nSPS) is 10.6. The molecule has 0 saturated heterocycles. The lowest BCUT2D eigenvalue weighted by Crippen LogP contribution is -2.24. The van der Waals surface area contributed by atoms with Gasteiger partial charge in [0.2, 0.25) is 5.91 Å². The van der Waals surface area contributed by atoms with Crippen molar-refractivity contribution in [3.05, 3.63) is 59.7 Å². The largest absolute Gasteiger partial charge is 0.435 e. The van der Waals surface area contributed by atoms with Crippen LogP contribution in [0.4, 0.5) is 8.78 Å². The van der Waals surface area contributed by atoms with Gasteiger partial charge in [-0.15, -0.1) is 11.8 Å². The summed E-state index contributed by atoms with van der Waals surface area (Å²) in [6, 6.07) is 14.2. The molecule has 0 bridgehead atoms. The molecule has 0 radical (unpaired) electrons. The molecule has 0 heterocycles. The van der Waals surface area contributed by atoms with E-state index in [-0.39, 0.29) is 11.7 Å². The summed E-state index contributed by atoms with van der Waals surface area (Å²) < 4.78 is 28.3. The molecule has 0 saturated carbocycles. The Kier molecular flexibility index (Phi) is 6.40. The molecule has 0 spiro atoms. The minimum atomic E-state index is -2.83. The molecule has 1 amide bonds. The number of rotatable bonds is 7. The molecule has 0 unspecified atom stereocenters. The van der Waals surface area contributed by atoms with Crippen molar-refractivity contribution in [1.29, 1.82) is 0 Å². The molecule has 2 aromatic carbocycles. The van der Waals surface area contributed by atoms with Crippen LogP contribution in [0.15, 0.2) is 53.4 Å². The van der Waals surface area contributed by atoms with E-state index in [9.17, 15) is 13.6 Å². The smallest absolute Gasteiger partial charge is 0.387 e. The first kappa shape index (κ1) is 17.3. The van der Waals surface area contributed by atoms with E-state index in [1.54, 1.807) is 12.1 Å². The molecule has 0 aliphatic heterocycles. The fourth-order valence-corrected chi connectivity index (χ4v) is 2.55. The van der Waals surface area contributed by atoms with Crippen LogP contribution in [0, 0.1) is 6.92 Å². The molecule has 2 aromatic rings. The van der Waals surface area contributed by atoms with Crippen LogP contribution < -0.4 is 10.1 Å². The highest BCUT2D eigenvalue weighted by Crippen LogP contribution is 2.18. The molecule has 122 valence electrons. The Hall–Kier alpha value is -2.08. The third-order valence-electron chi connectivity index (χ3n) is 3.03. The number of carbonyl (C=O) groups is 1. The zero-order valence-electron chi connectivity index (χ0n) is 12.6. The van der Waals surface area contributed by atoms with E-state index < -0.39 is 6.61 Å². The van der Waals surface area contributed by atoms with Crippen molar-refractivity contribution < 1.29 is 18.3 Å². The van der Waals surface area contributed by atoms with Crippen molar-refractivity contribution in [3.8, 4) is 5.75 Å². The predicted octanol–water partition coefficient (Wildman–Crippen LogP) is 4.00. The van der Waals surface area contributed by atoms with Crippen LogP contribution in [-0.4, -0.2) is 18.3 Å². The van der Waals surface area contributed by atoms with Crippen LogP contribution in [0.2, 0.25) is 0 Å². The summed E-state index contributed by atoms with van der Waals surface area (Å²) in [6.45, 7) is -0.472. The lowest BCUT2D eigenvalue weighted by Gasteiger charge is -2.07. The van der Waals surface area contributed by atoms with E-state index in [1.165, 1.54) is 29.5 Å². The van der Waals surface area contributed by atoms with Crippen LogP contribution in [-0.2, 0) is 11.3 Å². The van der Waals surface area contributed by atoms with Crippen molar-refractivity contribution in [2.75, 3.05) is 5.75 Å². The second-order valence-corrected chi connectivity index (χ2v) is 5.95. The summed E-state index contributed by atoms with van der Waals surface area (Å²) in [5.74, 6) is 0.351. The molecule has 0 fully saturated rings.